The lowest BCUT2D eigenvalue weighted by atomic mass is 9.78. The zero-order valence-electron chi connectivity index (χ0n) is 16.9. The average Bonchev–Trinajstić information content (AvgIpc) is 2.74. The van der Waals surface area contributed by atoms with Crippen LogP contribution >= 0.6 is 12.4 Å². The molecule has 0 aliphatic carbocycles. The Morgan fingerprint density at radius 3 is 2.52 bits per heavy atom. The minimum Gasteiger partial charge on any atom is -0.381 e. The van der Waals surface area contributed by atoms with Gasteiger partial charge < -0.3 is 20.7 Å². The van der Waals surface area contributed by atoms with Crippen molar-refractivity contribution in [1.82, 2.24) is 10.2 Å². The van der Waals surface area contributed by atoms with Crippen molar-refractivity contribution in [3.8, 4) is 0 Å². The Morgan fingerprint density at radius 2 is 1.93 bits per heavy atom. The molecule has 0 unspecified atom stereocenters. The number of hydrogen-bond donors (Lipinski definition) is 2. The molecule has 0 radical (unpaired) electrons. The van der Waals surface area contributed by atoms with Crippen LogP contribution in [0.15, 0.2) is 18.2 Å². The fourth-order valence-electron chi connectivity index (χ4n) is 4.03. The van der Waals surface area contributed by atoms with Gasteiger partial charge in [0.2, 0.25) is 11.8 Å². The summed E-state index contributed by atoms with van der Waals surface area (Å²) in [5.41, 5.74) is 6.76. The van der Waals surface area contributed by atoms with E-state index in [1.165, 1.54) is 6.07 Å². The molecule has 2 amide bonds. The van der Waals surface area contributed by atoms with E-state index in [-0.39, 0.29) is 36.0 Å². The van der Waals surface area contributed by atoms with Crippen molar-refractivity contribution in [2.75, 3.05) is 32.8 Å². The van der Waals surface area contributed by atoms with Crippen LogP contribution in [0.5, 0.6) is 0 Å². The van der Waals surface area contributed by atoms with Crippen molar-refractivity contribution < 1.29 is 18.7 Å². The first kappa shape index (κ1) is 23.6. The van der Waals surface area contributed by atoms with Gasteiger partial charge in [-0.1, -0.05) is 12.1 Å². The highest BCUT2D eigenvalue weighted by Gasteiger charge is 2.42. The van der Waals surface area contributed by atoms with E-state index in [0.29, 0.717) is 70.6 Å². The molecule has 8 heteroatoms. The van der Waals surface area contributed by atoms with Gasteiger partial charge in [0.15, 0.2) is 0 Å². The van der Waals surface area contributed by atoms with Crippen LogP contribution in [-0.2, 0) is 20.9 Å². The van der Waals surface area contributed by atoms with E-state index >= 15 is 0 Å². The average molecular weight is 428 g/mol. The number of carbonyl (C=O) groups excluding carboxylic acids is 2. The van der Waals surface area contributed by atoms with Crippen LogP contribution in [0.1, 0.15) is 36.8 Å². The Hall–Kier alpha value is -1.70. The van der Waals surface area contributed by atoms with Gasteiger partial charge in [0, 0.05) is 45.3 Å². The quantitative estimate of drug-likeness (QED) is 0.754. The number of nitrogens with one attached hydrogen (secondary N) is 1. The van der Waals surface area contributed by atoms with Gasteiger partial charge in [-0.2, -0.15) is 0 Å². The molecule has 2 saturated heterocycles. The van der Waals surface area contributed by atoms with E-state index < -0.39 is 5.41 Å². The first-order chi connectivity index (χ1) is 13.4. The van der Waals surface area contributed by atoms with Crippen molar-refractivity contribution in [1.29, 1.82) is 0 Å². The number of nitrogens with zero attached hydrogens (tertiary/aromatic N) is 1. The normalized spacial score (nSPS) is 19.3. The number of nitrogens with two attached hydrogens (primary N) is 1. The first-order valence-electron chi connectivity index (χ1n) is 10.0. The summed E-state index contributed by atoms with van der Waals surface area (Å²) in [6.07, 6.45) is 2.60. The van der Waals surface area contributed by atoms with Crippen molar-refractivity contribution in [3.05, 3.63) is 35.1 Å². The number of halogens is 2. The summed E-state index contributed by atoms with van der Waals surface area (Å²) < 4.78 is 19.0. The van der Waals surface area contributed by atoms with E-state index in [2.05, 4.69) is 5.32 Å². The Morgan fingerprint density at radius 1 is 1.28 bits per heavy atom. The van der Waals surface area contributed by atoms with E-state index in [4.69, 9.17) is 10.5 Å². The Bertz CT molecular complexity index is 717. The van der Waals surface area contributed by atoms with Crippen molar-refractivity contribution >= 4 is 24.2 Å². The fourth-order valence-corrected chi connectivity index (χ4v) is 4.03. The van der Waals surface area contributed by atoms with Crippen LogP contribution in [0.4, 0.5) is 4.39 Å². The summed E-state index contributed by atoms with van der Waals surface area (Å²) in [7, 11) is 0. The van der Waals surface area contributed by atoms with Gasteiger partial charge in [0.25, 0.3) is 0 Å². The molecule has 0 bridgehead atoms. The number of hydrogen-bond acceptors (Lipinski definition) is 4. The molecule has 162 valence electrons. The molecule has 2 aliphatic heterocycles. The number of piperidine rings is 1. The maximum atomic E-state index is 13.6. The minimum atomic E-state index is -0.511. The molecule has 2 fully saturated rings. The topological polar surface area (TPSA) is 84.7 Å². The fraction of sp³-hybridized carbons (Fsp3) is 0.619. The molecular weight excluding hydrogens is 397 g/mol. The number of ether oxygens (including phenoxy) is 1. The predicted octanol–water partition coefficient (Wildman–Crippen LogP) is 2.17. The summed E-state index contributed by atoms with van der Waals surface area (Å²) in [6, 6.07) is 4.99. The molecule has 6 nitrogen and oxygen atoms in total. The zero-order chi connectivity index (χ0) is 20.1. The summed E-state index contributed by atoms with van der Waals surface area (Å²) in [5.74, 6) is -0.316. The molecule has 0 saturated carbocycles. The smallest absolute Gasteiger partial charge is 0.230 e. The van der Waals surface area contributed by atoms with Gasteiger partial charge in [-0.15, -0.1) is 12.4 Å². The lowest BCUT2D eigenvalue weighted by Gasteiger charge is -2.41. The van der Waals surface area contributed by atoms with Gasteiger partial charge in [0.1, 0.15) is 5.82 Å². The van der Waals surface area contributed by atoms with Crippen LogP contribution in [0.25, 0.3) is 0 Å². The van der Waals surface area contributed by atoms with Gasteiger partial charge >= 0.3 is 0 Å². The molecule has 1 aromatic carbocycles. The molecule has 1 aromatic rings. The van der Waals surface area contributed by atoms with Crippen LogP contribution in [0, 0.1) is 24.1 Å². The van der Waals surface area contributed by atoms with Crippen molar-refractivity contribution in [3.63, 3.8) is 0 Å². The van der Waals surface area contributed by atoms with Crippen molar-refractivity contribution in [2.24, 2.45) is 17.1 Å². The third-order valence-electron chi connectivity index (χ3n) is 6.15. The Labute approximate surface area is 177 Å². The molecule has 3 N–H and O–H groups in total. The summed E-state index contributed by atoms with van der Waals surface area (Å²) in [4.78, 5) is 27.3. The first-order valence-corrected chi connectivity index (χ1v) is 10.0. The summed E-state index contributed by atoms with van der Waals surface area (Å²) in [5, 5.41) is 2.90. The third kappa shape index (κ3) is 5.47. The van der Waals surface area contributed by atoms with E-state index in [1.807, 2.05) is 11.0 Å². The number of likely N-dealkylation sites (tertiary alicyclic amines) is 1. The monoisotopic (exact) mass is 427 g/mol. The third-order valence-corrected chi connectivity index (χ3v) is 6.15. The molecule has 2 heterocycles. The van der Waals surface area contributed by atoms with E-state index in [9.17, 15) is 14.0 Å². The Balaban J connectivity index is 0.00000300. The second-order valence-corrected chi connectivity index (χ2v) is 7.96. The van der Waals surface area contributed by atoms with Crippen LogP contribution < -0.4 is 11.1 Å². The highest BCUT2D eigenvalue weighted by atomic mass is 35.5. The van der Waals surface area contributed by atoms with Gasteiger partial charge in [-0.3, -0.25) is 9.59 Å². The summed E-state index contributed by atoms with van der Waals surface area (Å²) in [6.45, 7) is 4.64. The zero-order valence-corrected chi connectivity index (χ0v) is 17.7. The molecule has 2 aliphatic rings. The van der Waals surface area contributed by atoms with E-state index in [1.54, 1.807) is 13.0 Å². The summed E-state index contributed by atoms with van der Waals surface area (Å²) >= 11 is 0. The standard InChI is InChI=1S/C21H30FN3O3.ClH/c1-15-2-3-16(12-18(15)22)13-24-19(26)17-4-8-25(9-5-17)20(27)21(14-23)6-10-28-11-7-21;/h2-3,12,17H,4-11,13-14,23H2,1H3,(H,24,26);1H. The largest absolute Gasteiger partial charge is 0.381 e. The maximum Gasteiger partial charge on any atom is 0.230 e. The second kappa shape index (κ2) is 10.4. The highest BCUT2D eigenvalue weighted by molar-refractivity contribution is 5.85. The lowest BCUT2D eigenvalue weighted by molar-refractivity contribution is -0.149. The van der Waals surface area contributed by atoms with Gasteiger partial charge in [-0.25, -0.2) is 4.39 Å². The number of benzene rings is 1. The van der Waals surface area contributed by atoms with Crippen LogP contribution in [-0.4, -0.2) is 49.6 Å². The van der Waals surface area contributed by atoms with E-state index in [0.717, 1.165) is 5.56 Å². The molecule has 3 rings (SSSR count). The number of rotatable bonds is 5. The van der Waals surface area contributed by atoms with Gasteiger partial charge in [-0.05, 0) is 49.8 Å². The predicted molar refractivity (Wildman–Crippen MR) is 111 cm³/mol. The maximum absolute atomic E-state index is 13.6. The molecule has 0 aromatic heterocycles. The van der Waals surface area contributed by atoms with Gasteiger partial charge in [0.05, 0.1) is 5.41 Å². The minimum absolute atomic E-state index is 0. The van der Waals surface area contributed by atoms with Crippen molar-refractivity contribution in [2.45, 2.75) is 39.2 Å². The SMILES string of the molecule is Cc1ccc(CNC(=O)C2CCN(C(=O)C3(CN)CCOCC3)CC2)cc1F.Cl. The number of amides is 2. The lowest BCUT2D eigenvalue weighted by Crippen LogP contribution is -2.53. The number of carbonyl (C=O) groups is 2. The van der Waals surface area contributed by atoms with Crippen LogP contribution in [0.3, 0.4) is 0 Å². The number of aryl methyl sites for hydroxylation is 1. The molecule has 0 atom stereocenters. The molecule has 29 heavy (non-hydrogen) atoms. The molecular formula is C21H31ClFN3O3. The highest BCUT2D eigenvalue weighted by Crippen LogP contribution is 2.33. The second-order valence-electron chi connectivity index (χ2n) is 7.96. The van der Waals surface area contributed by atoms with Crippen LogP contribution in [0.2, 0.25) is 0 Å². The molecule has 0 spiro atoms. The Kier molecular flexibility index (Phi) is 8.43.